The Labute approximate surface area is 206 Å². The number of amides is 1. The van der Waals surface area contributed by atoms with E-state index in [0.29, 0.717) is 22.0 Å². The third-order valence-electron chi connectivity index (χ3n) is 4.93. The zero-order chi connectivity index (χ0) is 24.7. The van der Waals surface area contributed by atoms with E-state index in [1.165, 1.54) is 28.2 Å². The summed E-state index contributed by atoms with van der Waals surface area (Å²) in [5, 5.41) is 13.3. The van der Waals surface area contributed by atoms with Crippen LogP contribution < -0.4 is 27.5 Å². The number of nitrogens with two attached hydrogens (primary N) is 2. The second kappa shape index (κ2) is 11.7. The highest BCUT2D eigenvalue weighted by Crippen LogP contribution is 2.31. The molecule has 0 spiro atoms. The van der Waals surface area contributed by atoms with Crippen LogP contribution in [0.4, 0.5) is 5.69 Å². The van der Waals surface area contributed by atoms with E-state index in [-0.39, 0.29) is 24.7 Å². The van der Waals surface area contributed by atoms with Crippen LogP contribution in [0.5, 0.6) is 0 Å². The zero-order valence-electron chi connectivity index (χ0n) is 18.1. The molecule has 0 fully saturated rings. The molecule has 11 heteroatoms. The fraction of sp³-hybridized carbons (Fsp3) is 0.174. The van der Waals surface area contributed by atoms with Gasteiger partial charge in [-0.3, -0.25) is 19.2 Å². The number of nitrogens with zero attached hydrogens (tertiary/aromatic N) is 3. The molecule has 0 radical (unpaired) electrons. The molecule has 0 saturated carbocycles. The van der Waals surface area contributed by atoms with Gasteiger partial charge in [-0.25, -0.2) is 10.8 Å². The van der Waals surface area contributed by atoms with Gasteiger partial charge in [0.25, 0.3) is 5.56 Å². The normalized spacial score (nSPS) is 12.3. The first-order valence-corrected chi connectivity index (χ1v) is 11.0. The maximum atomic E-state index is 13.1. The summed E-state index contributed by atoms with van der Waals surface area (Å²) < 4.78 is 1.25. The lowest BCUT2D eigenvalue weighted by Gasteiger charge is -2.21. The van der Waals surface area contributed by atoms with Crippen molar-refractivity contribution in [3.63, 3.8) is 0 Å². The van der Waals surface area contributed by atoms with Crippen molar-refractivity contribution in [2.24, 2.45) is 11.6 Å². The number of carbonyl (C=O) groups is 1. The molecule has 3 aromatic rings. The lowest BCUT2D eigenvalue weighted by atomic mass is 10.0. The molecule has 2 aromatic carbocycles. The summed E-state index contributed by atoms with van der Waals surface area (Å²) in [6, 6.07) is 14.6. The molecular formula is C23H24Cl2N6O3. The first-order valence-electron chi connectivity index (χ1n) is 10.3. The van der Waals surface area contributed by atoms with Gasteiger partial charge < -0.3 is 16.2 Å². The van der Waals surface area contributed by atoms with Gasteiger partial charge in [0.1, 0.15) is 11.2 Å². The average Bonchev–Trinajstić information content (AvgIpc) is 2.81. The summed E-state index contributed by atoms with van der Waals surface area (Å²) >= 11 is 11.9. The minimum Gasteiger partial charge on any atom is -0.395 e. The lowest BCUT2D eigenvalue weighted by Crippen LogP contribution is -2.39. The highest BCUT2D eigenvalue weighted by Gasteiger charge is 2.23. The van der Waals surface area contributed by atoms with E-state index in [4.69, 9.17) is 39.9 Å². The van der Waals surface area contributed by atoms with E-state index in [9.17, 15) is 9.59 Å². The van der Waals surface area contributed by atoms with Crippen molar-refractivity contribution in [3.8, 4) is 11.3 Å². The van der Waals surface area contributed by atoms with Gasteiger partial charge >= 0.3 is 0 Å². The van der Waals surface area contributed by atoms with E-state index in [2.05, 4.69) is 10.3 Å². The second-order valence-corrected chi connectivity index (χ2v) is 8.20. The quantitative estimate of drug-likeness (QED) is 0.199. The monoisotopic (exact) mass is 502 g/mol. The smallest absolute Gasteiger partial charge is 0.254 e. The number of hydrazine groups is 1. The third-order valence-corrected chi connectivity index (χ3v) is 5.27. The Morgan fingerprint density at radius 2 is 1.97 bits per heavy atom. The Hall–Kier alpha value is -3.37. The van der Waals surface area contributed by atoms with Crippen LogP contribution in [0, 0.1) is 0 Å². The number of aromatic nitrogens is 2. The summed E-state index contributed by atoms with van der Waals surface area (Å²) in [6.07, 6.45) is 2.87. The number of halogens is 2. The summed E-state index contributed by atoms with van der Waals surface area (Å²) in [5.41, 5.74) is 7.15. The molecule has 1 unspecified atom stereocenters. The van der Waals surface area contributed by atoms with Crippen LogP contribution in [0.25, 0.3) is 11.3 Å². The molecule has 1 atom stereocenters. The Bertz CT molecular complexity index is 1230. The van der Waals surface area contributed by atoms with E-state index in [1.54, 1.807) is 18.2 Å². The zero-order valence-corrected chi connectivity index (χ0v) is 19.6. The number of hydrogen-bond donors (Lipinski definition) is 4. The molecule has 178 valence electrons. The number of anilines is 1. The third kappa shape index (κ3) is 6.36. The van der Waals surface area contributed by atoms with Crippen LogP contribution in [0.2, 0.25) is 5.02 Å². The SMILES string of the molecule is N/C(Cl)=C\N(N)c1ccc(Cl)cc1-c1cc(=O)n(C(Cc2ccccc2)C(=O)NCCO)cn1. The molecule has 0 saturated heterocycles. The van der Waals surface area contributed by atoms with Gasteiger partial charge in [-0.1, -0.05) is 53.5 Å². The number of aliphatic hydroxyl groups excluding tert-OH is 1. The summed E-state index contributed by atoms with van der Waals surface area (Å²) in [7, 11) is 0. The van der Waals surface area contributed by atoms with Crippen LogP contribution in [-0.4, -0.2) is 33.7 Å². The molecule has 3 rings (SSSR count). The first-order chi connectivity index (χ1) is 16.3. The largest absolute Gasteiger partial charge is 0.395 e. The van der Waals surface area contributed by atoms with Gasteiger partial charge in [0.2, 0.25) is 5.91 Å². The van der Waals surface area contributed by atoms with E-state index in [1.807, 2.05) is 30.3 Å². The molecule has 0 aliphatic carbocycles. The van der Waals surface area contributed by atoms with Crippen LogP contribution in [0.15, 0.2) is 77.1 Å². The number of aliphatic hydroxyl groups is 1. The molecule has 1 heterocycles. The van der Waals surface area contributed by atoms with Crippen molar-refractivity contribution in [3.05, 3.63) is 93.2 Å². The Kier molecular flexibility index (Phi) is 8.67. The predicted molar refractivity (Wildman–Crippen MR) is 133 cm³/mol. The molecule has 0 bridgehead atoms. The fourth-order valence-corrected chi connectivity index (χ4v) is 3.66. The Balaban J connectivity index is 2.03. The van der Waals surface area contributed by atoms with E-state index < -0.39 is 17.5 Å². The Morgan fingerprint density at radius 1 is 1.24 bits per heavy atom. The summed E-state index contributed by atoms with van der Waals surface area (Å²) in [6.45, 7) is -0.149. The molecule has 1 aromatic heterocycles. The molecular weight excluding hydrogens is 479 g/mol. The fourth-order valence-electron chi connectivity index (χ4n) is 3.38. The van der Waals surface area contributed by atoms with Gasteiger partial charge in [-0.05, 0) is 23.8 Å². The van der Waals surface area contributed by atoms with Gasteiger partial charge in [0.15, 0.2) is 0 Å². The van der Waals surface area contributed by atoms with E-state index >= 15 is 0 Å². The van der Waals surface area contributed by atoms with Crippen molar-refractivity contribution in [1.82, 2.24) is 14.9 Å². The topological polar surface area (TPSA) is 140 Å². The van der Waals surface area contributed by atoms with Crippen molar-refractivity contribution >= 4 is 34.8 Å². The number of rotatable bonds is 9. The first kappa shape index (κ1) is 25.3. The Morgan fingerprint density at radius 3 is 2.62 bits per heavy atom. The molecule has 34 heavy (non-hydrogen) atoms. The highest BCUT2D eigenvalue weighted by atomic mass is 35.5. The standard InChI is InChI=1S/C23H24Cl2N6O3/c24-16-6-7-19(31(27)13-21(25)26)17(11-16)18-12-22(33)30(14-29-18)20(23(34)28-8-9-32)10-15-4-2-1-3-5-15/h1-7,11-14,20,32H,8-10,26-27H2,(H,28,34)/b21-13-. The average molecular weight is 503 g/mol. The molecule has 0 aliphatic rings. The summed E-state index contributed by atoms with van der Waals surface area (Å²) in [5.74, 6) is 5.63. The maximum absolute atomic E-state index is 13.1. The maximum Gasteiger partial charge on any atom is 0.254 e. The van der Waals surface area contributed by atoms with Gasteiger partial charge in [0.05, 0.1) is 30.5 Å². The predicted octanol–water partition coefficient (Wildman–Crippen LogP) is 2.13. The molecule has 9 nitrogen and oxygen atoms in total. The van der Waals surface area contributed by atoms with Crippen LogP contribution in [0.3, 0.4) is 0 Å². The number of hydrogen-bond acceptors (Lipinski definition) is 7. The van der Waals surface area contributed by atoms with Crippen LogP contribution >= 0.6 is 23.2 Å². The van der Waals surface area contributed by atoms with Gasteiger partial charge in [0, 0.05) is 29.6 Å². The second-order valence-electron chi connectivity index (χ2n) is 7.32. The van der Waals surface area contributed by atoms with Gasteiger partial charge in [-0.15, -0.1) is 0 Å². The minimum atomic E-state index is -0.869. The highest BCUT2D eigenvalue weighted by molar-refractivity contribution is 6.31. The van der Waals surface area contributed by atoms with Crippen LogP contribution in [0.1, 0.15) is 11.6 Å². The van der Waals surface area contributed by atoms with E-state index in [0.717, 1.165) is 5.56 Å². The molecule has 6 N–H and O–H groups in total. The van der Waals surface area contributed by atoms with Crippen molar-refractivity contribution < 1.29 is 9.90 Å². The van der Waals surface area contributed by atoms with Gasteiger partial charge in [-0.2, -0.15) is 0 Å². The number of carbonyl (C=O) groups excluding carboxylic acids is 1. The minimum absolute atomic E-state index is 0.0376. The molecule has 1 amide bonds. The van der Waals surface area contributed by atoms with Crippen molar-refractivity contribution in [2.75, 3.05) is 18.2 Å². The number of benzene rings is 2. The van der Waals surface area contributed by atoms with Crippen LogP contribution in [-0.2, 0) is 11.2 Å². The van der Waals surface area contributed by atoms with Crippen molar-refractivity contribution in [1.29, 1.82) is 0 Å². The van der Waals surface area contributed by atoms with Crippen molar-refractivity contribution in [2.45, 2.75) is 12.5 Å². The number of nitrogens with one attached hydrogen (secondary N) is 1. The summed E-state index contributed by atoms with van der Waals surface area (Å²) in [4.78, 5) is 30.4. The molecule has 0 aliphatic heterocycles. The lowest BCUT2D eigenvalue weighted by molar-refractivity contribution is -0.124.